The van der Waals surface area contributed by atoms with Gasteiger partial charge in [-0.1, -0.05) is 18.2 Å². The number of carboxylic acids is 1. The quantitative estimate of drug-likeness (QED) is 0.307. The summed E-state index contributed by atoms with van der Waals surface area (Å²) in [7, 11) is 1.47. The van der Waals surface area contributed by atoms with Gasteiger partial charge in [0, 0.05) is 6.42 Å². The smallest absolute Gasteiger partial charge is 0.326 e. The lowest BCUT2D eigenvalue weighted by molar-refractivity contribution is -0.144. The van der Waals surface area contributed by atoms with Crippen LogP contribution in [0.2, 0.25) is 0 Å². The van der Waals surface area contributed by atoms with Gasteiger partial charge in [-0.05, 0) is 41.8 Å². The molecule has 2 aromatic carbocycles. The molecule has 0 aliphatic carbocycles. The summed E-state index contributed by atoms with van der Waals surface area (Å²) < 4.78 is 11.2. The van der Waals surface area contributed by atoms with Crippen molar-refractivity contribution in [3.8, 4) is 17.2 Å². The minimum atomic E-state index is -2.12. The van der Waals surface area contributed by atoms with Crippen LogP contribution in [0.1, 0.15) is 11.1 Å². The molecule has 0 aromatic heterocycles. The molecule has 2 heterocycles. The fraction of sp³-hybridized carbons (Fsp3) is 0.304. The molecule has 12 nitrogen and oxygen atoms in total. The van der Waals surface area contributed by atoms with Gasteiger partial charge in [0.05, 0.1) is 13.2 Å². The molecule has 35 heavy (non-hydrogen) atoms. The summed E-state index contributed by atoms with van der Waals surface area (Å²) in [6, 6.07) is 6.95. The number of aliphatic hydroxyl groups is 1. The maximum absolute atomic E-state index is 12.8. The molecule has 4 rings (SSSR count). The van der Waals surface area contributed by atoms with Crippen LogP contribution >= 0.6 is 0 Å². The van der Waals surface area contributed by atoms with Gasteiger partial charge in [0.15, 0.2) is 17.6 Å². The van der Waals surface area contributed by atoms with Crippen LogP contribution in [0, 0.1) is 0 Å². The normalized spacial score (nSPS) is 21.6. The average Bonchev–Trinajstić information content (AvgIpc) is 2.82. The third-order valence-corrected chi connectivity index (χ3v) is 5.41. The molecular weight excluding hydrogens is 460 g/mol. The largest absolute Gasteiger partial charge is 0.493 e. The number of aliphatic hydroxyl groups excluding tert-OH is 1. The van der Waals surface area contributed by atoms with E-state index in [2.05, 4.69) is 10.6 Å². The van der Waals surface area contributed by atoms with Crippen LogP contribution in [0.25, 0.3) is 0 Å². The van der Waals surface area contributed by atoms with Crippen molar-refractivity contribution >= 4 is 23.7 Å². The Morgan fingerprint density at radius 2 is 1.71 bits per heavy atom. The lowest BCUT2D eigenvalue weighted by Gasteiger charge is -2.25. The van der Waals surface area contributed by atoms with E-state index in [-0.39, 0.29) is 12.8 Å². The predicted octanol–water partition coefficient (Wildman–Crippen LogP) is -1.19. The monoisotopic (exact) mass is 486 g/mol. The topological polar surface area (TPSA) is 203 Å². The number of ether oxygens (including phenoxy) is 2. The van der Waals surface area contributed by atoms with Gasteiger partial charge in [0.25, 0.3) is 0 Å². The van der Waals surface area contributed by atoms with E-state index >= 15 is 0 Å². The number of rotatable bonds is 4. The summed E-state index contributed by atoms with van der Waals surface area (Å²) in [5, 5.41) is 24.2. The van der Waals surface area contributed by atoms with Crippen molar-refractivity contribution in [1.82, 2.24) is 10.6 Å². The first-order chi connectivity index (χ1) is 16.6. The minimum absolute atomic E-state index is 0.00385. The van der Waals surface area contributed by atoms with E-state index in [9.17, 15) is 29.4 Å². The number of carbonyl (C=O) groups is 4. The number of benzene rings is 2. The highest BCUT2D eigenvalue weighted by molar-refractivity contribution is 5.96. The zero-order valence-corrected chi connectivity index (χ0v) is 18.8. The highest BCUT2D eigenvalue weighted by Gasteiger charge is 2.35. The van der Waals surface area contributed by atoms with Crippen LogP contribution in [0.5, 0.6) is 17.2 Å². The van der Waals surface area contributed by atoms with E-state index in [1.165, 1.54) is 7.11 Å². The summed E-state index contributed by atoms with van der Waals surface area (Å²) in [5.74, 6) is -3.41. The number of methoxy groups -OCH3 is 1. The van der Waals surface area contributed by atoms with E-state index in [4.69, 9.17) is 20.9 Å². The fourth-order valence-corrected chi connectivity index (χ4v) is 3.50. The van der Waals surface area contributed by atoms with Crippen LogP contribution < -0.4 is 31.6 Å². The molecule has 4 atom stereocenters. The van der Waals surface area contributed by atoms with Gasteiger partial charge in [0.2, 0.25) is 17.7 Å². The van der Waals surface area contributed by atoms with Crippen molar-refractivity contribution in [3.63, 3.8) is 0 Å². The van der Waals surface area contributed by atoms with Crippen molar-refractivity contribution in [2.75, 3.05) is 7.11 Å². The van der Waals surface area contributed by atoms with Gasteiger partial charge in [-0.15, -0.1) is 0 Å². The Hall–Kier alpha value is -4.16. The lowest BCUT2D eigenvalue weighted by atomic mass is 10.0. The van der Waals surface area contributed by atoms with Crippen LogP contribution in [0.15, 0.2) is 42.5 Å². The van der Waals surface area contributed by atoms with Gasteiger partial charge in [-0.3, -0.25) is 14.4 Å². The van der Waals surface area contributed by atoms with E-state index in [0.717, 1.165) is 0 Å². The third-order valence-electron chi connectivity index (χ3n) is 5.41. The molecule has 0 fully saturated rings. The average molecular weight is 486 g/mol. The van der Waals surface area contributed by atoms with Crippen LogP contribution in [0.3, 0.4) is 0 Å². The number of hydrogen-bond acceptors (Lipinski definition) is 8. The molecule has 186 valence electrons. The number of nitrogens with two attached hydrogens (primary N) is 2. The van der Waals surface area contributed by atoms with Crippen molar-refractivity contribution < 1.29 is 38.9 Å². The molecule has 0 saturated carbocycles. The molecule has 2 aliphatic rings. The first-order valence-electron chi connectivity index (χ1n) is 10.6. The molecule has 4 bridgehead atoms. The minimum Gasteiger partial charge on any atom is -0.493 e. The zero-order valence-electron chi connectivity index (χ0n) is 18.8. The second-order valence-corrected chi connectivity index (χ2v) is 7.98. The Balaban J connectivity index is 2.04. The Bertz CT molecular complexity index is 1120. The van der Waals surface area contributed by atoms with Gasteiger partial charge in [0.1, 0.15) is 17.8 Å². The second kappa shape index (κ2) is 10.8. The molecule has 0 unspecified atom stereocenters. The predicted molar refractivity (Wildman–Crippen MR) is 122 cm³/mol. The molecule has 8 N–H and O–H groups in total. The van der Waals surface area contributed by atoms with E-state index in [0.29, 0.717) is 28.4 Å². The number of amides is 3. The standard InChI is InChI=1S/C23H26N4O8/c1-34-16-7-4-12-8-14(24)21(30)27-18(19(28)20(25)29)22(31)26-15(23(32)33)9-11-2-5-13(6-3-11)35-17(16)10-12/h2-7,10,14-15,18-19,28H,8-9,24H2,1H3,(H2,25,29)(H,26,31)(H,27,30)(H,32,33)/t14-,15-,18-,19+/m0/s1. The fourth-order valence-electron chi connectivity index (χ4n) is 3.50. The maximum atomic E-state index is 12.8. The Kier molecular flexibility index (Phi) is 7.89. The van der Waals surface area contributed by atoms with Crippen LogP contribution in [-0.2, 0) is 32.0 Å². The van der Waals surface area contributed by atoms with E-state index < -0.39 is 47.9 Å². The molecule has 12 heteroatoms. The number of hydrogen-bond donors (Lipinski definition) is 6. The van der Waals surface area contributed by atoms with E-state index in [1.807, 2.05) is 0 Å². The Morgan fingerprint density at radius 1 is 1.06 bits per heavy atom. The zero-order chi connectivity index (χ0) is 25.7. The highest BCUT2D eigenvalue weighted by atomic mass is 16.5. The van der Waals surface area contributed by atoms with Crippen molar-refractivity contribution in [1.29, 1.82) is 0 Å². The van der Waals surface area contributed by atoms with Crippen LogP contribution in [-0.4, -0.2) is 65.2 Å². The molecule has 2 aromatic rings. The molecule has 0 saturated heterocycles. The van der Waals surface area contributed by atoms with Crippen molar-refractivity contribution in [2.45, 2.75) is 37.1 Å². The van der Waals surface area contributed by atoms with Gasteiger partial charge >= 0.3 is 5.97 Å². The van der Waals surface area contributed by atoms with Gasteiger partial charge < -0.3 is 41.8 Å². The van der Waals surface area contributed by atoms with Crippen molar-refractivity contribution in [2.24, 2.45) is 11.5 Å². The summed E-state index contributed by atoms with van der Waals surface area (Å²) in [5.41, 5.74) is 12.3. The molecule has 0 radical (unpaired) electrons. The highest BCUT2D eigenvalue weighted by Crippen LogP contribution is 2.33. The number of aliphatic carboxylic acids is 1. The third kappa shape index (κ3) is 6.25. The maximum Gasteiger partial charge on any atom is 0.326 e. The van der Waals surface area contributed by atoms with E-state index in [1.54, 1.807) is 42.5 Å². The Labute approximate surface area is 200 Å². The summed E-state index contributed by atoms with van der Waals surface area (Å²) in [4.78, 5) is 48.9. The summed E-state index contributed by atoms with van der Waals surface area (Å²) in [6.45, 7) is 0. The first kappa shape index (κ1) is 25.5. The van der Waals surface area contributed by atoms with Crippen LogP contribution in [0.4, 0.5) is 0 Å². The summed E-state index contributed by atoms with van der Waals surface area (Å²) >= 11 is 0. The lowest BCUT2D eigenvalue weighted by Crippen LogP contribution is -2.61. The van der Waals surface area contributed by atoms with Gasteiger partial charge in [-0.2, -0.15) is 0 Å². The summed E-state index contributed by atoms with van der Waals surface area (Å²) in [6.07, 6.45) is -2.25. The SMILES string of the molecule is COc1ccc2cc1Oc1ccc(cc1)C[C@@H](C(=O)O)NC(=O)[C@H]([C@@H](O)C(N)=O)NC(=O)[C@@H](N)C2. The van der Waals surface area contributed by atoms with Crippen molar-refractivity contribution in [3.05, 3.63) is 53.6 Å². The number of carbonyl (C=O) groups excluding carboxylic acids is 3. The number of fused-ring (bicyclic) bond motifs is 10. The number of nitrogens with one attached hydrogen (secondary N) is 2. The Morgan fingerprint density at radius 3 is 2.31 bits per heavy atom. The molecule has 3 amide bonds. The number of carboxylic acid groups (broad SMARTS) is 1. The van der Waals surface area contributed by atoms with Gasteiger partial charge in [-0.25, -0.2) is 4.79 Å². The first-order valence-corrected chi connectivity index (χ1v) is 10.6. The molecular formula is C23H26N4O8. The molecule has 2 aliphatic heterocycles. The second-order valence-electron chi connectivity index (χ2n) is 7.98. The molecule has 0 spiro atoms. The number of primary amides is 1.